The van der Waals surface area contributed by atoms with Gasteiger partial charge in [0.05, 0.1) is 6.54 Å². The number of ketones is 1. The average Bonchev–Trinajstić information content (AvgIpc) is 2.69. The van der Waals surface area contributed by atoms with Crippen molar-refractivity contribution in [2.45, 2.75) is 19.9 Å². The lowest BCUT2D eigenvalue weighted by Crippen LogP contribution is -2.28. The van der Waals surface area contributed by atoms with Gasteiger partial charge in [-0.15, -0.1) is 0 Å². The SMILES string of the molecule is CC(C)NCC(=O)c1cc2ccccc2o1. The van der Waals surface area contributed by atoms with Crippen molar-refractivity contribution in [1.29, 1.82) is 0 Å². The molecule has 0 radical (unpaired) electrons. The topological polar surface area (TPSA) is 42.2 Å². The quantitative estimate of drug-likeness (QED) is 0.800. The van der Waals surface area contributed by atoms with E-state index in [1.165, 1.54) is 0 Å². The molecule has 3 nitrogen and oxygen atoms in total. The molecule has 0 spiro atoms. The fourth-order valence-electron chi connectivity index (χ4n) is 1.50. The predicted molar refractivity (Wildman–Crippen MR) is 63.7 cm³/mol. The van der Waals surface area contributed by atoms with E-state index in [1.807, 2.05) is 38.1 Å². The number of carbonyl (C=O) groups excluding carboxylic acids is 1. The molecule has 0 fully saturated rings. The van der Waals surface area contributed by atoms with Crippen molar-refractivity contribution in [2.24, 2.45) is 0 Å². The van der Waals surface area contributed by atoms with Crippen molar-refractivity contribution in [3.05, 3.63) is 36.1 Å². The average molecular weight is 217 g/mol. The van der Waals surface area contributed by atoms with Gasteiger partial charge in [-0.05, 0) is 12.1 Å². The summed E-state index contributed by atoms with van der Waals surface area (Å²) >= 11 is 0. The Balaban J connectivity index is 2.17. The summed E-state index contributed by atoms with van der Waals surface area (Å²) < 4.78 is 5.47. The van der Waals surface area contributed by atoms with Crippen molar-refractivity contribution in [1.82, 2.24) is 5.32 Å². The Hall–Kier alpha value is -1.61. The number of benzene rings is 1. The lowest BCUT2D eigenvalue weighted by Gasteiger charge is -2.04. The van der Waals surface area contributed by atoms with E-state index in [4.69, 9.17) is 4.42 Å². The number of hydrogen-bond acceptors (Lipinski definition) is 3. The lowest BCUT2D eigenvalue weighted by molar-refractivity contribution is 0.0964. The summed E-state index contributed by atoms with van der Waals surface area (Å²) in [6.07, 6.45) is 0. The van der Waals surface area contributed by atoms with E-state index in [2.05, 4.69) is 5.32 Å². The summed E-state index contributed by atoms with van der Waals surface area (Å²) in [5.74, 6) is 0.416. The van der Waals surface area contributed by atoms with Crippen LogP contribution in [0.4, 0.5) is 0 Å². The molecule has 1 aromatic carbocycles. The minimum absolute atomic E-state index is 0.00935. The number of hydrogen-bond donors (Lipinski definition) is 1. The zero-order valence-corrected chi connectivity index (χ0v) is 9.49. The van der Waals surface area contributed by atoms with Crippen LogP contribution in [0.2, 0.25) is 0 Å². The highest BCUT2D eigenvalue weighted by Gasteiger charge is 2.11. The van der Waals surface area contributed by atoms with Gasteiger partial charge in [0, 0.05) is 11.4 Å². The van der Waals surface area contributed by atoms with Gasteiger partial charge < -0.3 is 9.73 Å². The molecular formula is C13H15NO2. The van der Waals surface area contributed by atoms with Crippen molar-refractivity contribution in [3.8, 4) is 0 Å². The molecule has 84 valence electrons. The molecule has 0 bridgehead atoms. The first-order valence-electron chi connectivity index (χ1n) is 5.42. The molecule has 3 heteroatoms. The van der Waals surface area contributed by atoms with Crippen LogP contribution in [0.25, 0.3) is 11.0 Å². The number of furan rings is 1. The molecule has 2 aromatic rings. The monoisotopic (exact) mass is 217 g/mol. The van der Waals surface area contributed by atoms with Crippen LogP contribution in [0.3, 0.4) is 0 Å². The minimum atomic E-state index is -0.00935. The third-order valence-corrected chi connectivity index (χ3v) is 2.37. The van der Waals surface area contributed by atoms with Crippen LogP contribution < -0.4 is 5.32 Å². The smallest absolute Gasteiger partial charge is 0.211 e. The first-order chi connectivity index (χ1) is 7.66. The molecular weight excluding hydrogens is 202 g/mol. The van der Waals surface area contributed by atoms with Crippen LogP contribution in [0.5, 0.6) is 0 Å². The van der Waals surface area contributed by atoms with Gasteiger partial charge in [-0.2, -0.15) is 0 Å². The maximum atomic E-state index is 11.8. The predicted octanol–water partition coefficient (Wildman–Crippen LogP) is 2.61. The molecule has 0 amide bonds. The number of Topliss-reactive ketones (excluding diaryl/α,β-unsaturated/α-hetero) is 1. The Morgan fingerprint density at radius 2 is 2.12 bits per heavy atom. The molecule has 0 saturated heterocycles. The van der Waals surface area contributed by atoms with E-state index in [9.17, 15) is 4.79 Å². The van der Waals surface area contributed by atoms with Crippen molar-refractivity contribution >= 4 is 16.8 Å². The van der Waals surface area contributed by atoms with Crippen LogP contribution in [-0.2, 0) is 0 Å². The van der Waals surface area contributed by atoms with Gasteiger partial charge in [-0.25, -0.2) is 0 Å². The van der Waals surface area contributed by atoms with Gasteiger partial charge in [0.15, 0.2) is 5.76 Å². The molecule has 2 rings (SSSR count). The van der Waals surface area contributed by atoms with E-state index in [1.54, 1.807) is 6.07 Å². The Labute approximate surface area is 94.4 Å². The minimum Gasteiger partial charge on any atom is -0.453 e. The molecule has 0 aliphatic heterocycles. The van der Waals surface area contributed by atoms with E-state index in [0.717, 1.165) is 11.0 Å². The van der Waals surface area contributed by atoms with Crippen molar-refractivity contribution in [3.63, 3.8) is 0 Å². The Bertz CT molecular complexity index is 466. The standard InChI is InChI=1S/C13H15NO2/c1-9(2)14-8-11(15)13-7-10-5-3-4-6-12(10)16-13/h3-7,9,14H,8H2,1-2H3. The highest BCUT2D eigenvalue weighted by Crippen LogP contribution is 2.18. The number of fused-ring (bicyclic) bond motifs is 1. The van der Waals surface area contributed by atoms with E-state index >= 15 is 0 Å². The molecule has 0 aliphatic rings. The van der Waals surface area contributed by atoms with Gasteiger partial charge in [0.1, 0.15) is 5.58 Å². The summed E-state index contributed by atoms with van der Waals surface area (Å²) in [5, 5.41) is 4.05. The molecule has 0 saturated carbocycles. The summed E-state index contributed by atoms with van der Waals surface area (Å²) in [7, 11) is 0. The number of para-hydroxylation sites is 1. The van der Waals surface area contributed by atoms with Crippen molar-refractivity contribution < 1.29 is 9.21 Å². The molecule has 1 aromatic heterocycles. The Kier molecular flexibility index (Phi) is 3.06. The highest BCUT2D eigenvalue weighted by molar-refractivity contribution is 5.98. The largest absolute Gasteiger partial charge is 0.453 e. The van der Waals surface area contributed by atoms with Crippen LogP contribution in [0.15, 0.2) is 34.7 Å². The summed E-state index contributed by atoms with van der Waals surface area (Å²) in [6.45, 7) is 4.33. The van der Waals surface area contributed by atoms with Crippen LogP contribution in [0.1, 0.15) is 24.4 Å². The third kappa shape index (κ3) is 2.31. The van der Waals surface area contributed by atoms with Crippen LogP contribution in [-0.4, -0.2) is 18.4 Å². The second kappa shape index (κ2) is 4.49. The normalized spacial score (nSPS) is 11.2. The third-order valence-electron chi connectivity index (χ3n) is 2.37. The molecule has 0 aliphatic carbocycles. The zero-order chi connectivity index (χ0) is 11.5. The second-order valence-electron chi connectivity index (χ2n) is 4.11. The summed E-state index contributed by atoms with van der Waals surface area (Å²) in [4.78, 5) is 11.8. The van der Waals surface area contributed by atoms with E-state index in [0.29, 0.717) is 18.3 Å². The molecule has 1 heterocycles. The van der Waals surface area contributed by atoms with E-state index in [-0.39, 0.29) is 5.78 Å². The summed E-state index contributed by atoms with van der Waals surface area (Å²) in [5.41, 5.74) is 0.760. The van der Waals surface area contributed by atoms with Gasteiger partial charge in [0.2, 0.25) is 5.78 Å². The molecule has 1 N–H and O–H groups in total. The lowest BCUT2D eigenvalue weighted by atomic mass is 10.2. The fraction of sp³-hybridized carbons (Fsp3) is 0.308. The van der Waals surface area contributed by atoms with Gasteiger partial charge in [-0.1, -0.05) is 32.0 Å². The number of rotatable bonds is 4. The first-order valence-corrected chi connectivity index (χ1v) is 5.42. The van der Waals surface area contributed by atoms with Gasteiger partial charge in [0.25, 0.3) is 0 Å². The van der Waals surface area contributed by atoms with Crippen LogP contribution in [0, 0.1) is 0 Å². The van der Waals surface area contributed by atoms with Crippen molar-refractivity contribution in [2.75, 3.05) is 6.54 Å². The molecule has 0 unspecified atom stereocenters. The second-order valence-corrected chi connectivity index (χ2v) is 4.11. The molecule has 16 heavy (non-hydrogen) atoms. The summed E-state index contributed by atoms with van der Waals surface area (Å²) in [6, 6.07) is 9.71. The first kappa shape index (κ1) is 10.9. The highest BCUT2D eigenvalue weighted by atomic mass is 16.3. The van der Waals surface area contributed by atoms with E-state index < -0.39 is 0 Å². The fourth-order valence-corrected chi connectivity index (χ4v) is 1.50. The van der Waals surface area contributed by atoms with Crippen LogP contribution >= 0.6 is 0 Å². The number of carbonyl (C=O) groups is 1. The van der Waals surface area contributed by atoms with Gasteiger partial charge in [-0.3, -0.25) is 4.79 Å². The van der Waals surface area contributed by atoms with Gasteiger partial charge >= 0.3 is 0 Å². The number of nitrogens with one attached hydrogen (secondary N) is 1. The maximum absolute atomic E-state index is 11.8. The maximum Gasteiger partial charge on any atom is 0.211 e. The zero-order valence-electron chi connectivity index (χ0n) is 9.49. The Morgan fingerprint density at radius 1 is 1.38 bits per heavy atom. The Morgan fingerprint density at radius 3 is 2.81 bits per heavy atom. The molecule has 0 atom stereocenters.